The number of likely N-dealkylation sites (tertiary alicyclic amines) is 1. The van der Waals surface area contributed by atoms with E-state index in [0.717, 1.165) is 17.7 Å². The minimum atomic E-state index is -3.67. The summed E-state index contributed by atoms with van der Waals surface area (Å²) in [5, 5.41) is 3.70. The van der Waals surface area contributed by atoms with Gasteiger partial charge in [0, 0.05) is 32.2 Å². The number of nitrogens with one attached hydrogen (secondary N) is 1. The quantitative estimate of drug-likeness (QED) is 0.453. The molecule has 4 rings (SSSR count). The number of nitrogens with zero attached hydrogens (tertiary/aromatic N) is 2. The summed E-state index contributed by atoms with van der Waals surface area (Å²) in [6, 6.07) is 17.2. The molecule has 1 atom stereocenters. The van der Waals surface area contributed by atoms with Crippen LogP contribution in [-0.2, 0) is 27.9 Å². The monoisotopic (exact) mass is 551 g/mol. The van der Waals surface area contributed by atoms with Crippen molar-refractivity contribution in [2.75, 3.05) is 25.5 Å². The first kappa shape index (κ1) is 30.1. The van der Waals surface area contributed by atoms with E-state index in [1.54, 1.807) is 16.8 Å². The molecule has 1 N–H and O–H groups in total. The molecule has 1 aliphatic carbocycles. The van der Waals surface area contributed by atoms with Crippen molar-refractivity contribution in [1.82, 2.24) is 9.80 Å². The van der Waals surface area contributed by atoms with E-state index in [1.807, 2.05) is 32.9 Å². The van der Waals surface area contributed by atoms with Gasteiger partial charge in [0.05, 0.1) is 13.1 Å². The van der Waals surface area contributed by atoms with Crippen molar-refractivity contribution >= 4 is 17.9 Å². The fourth-order valence-corrected chi connectivity index (χ4v) is 4.69. The van der Waals surface area contributed by atoms with Gasteiger partial charge in [0.15, 0.2) is 0 Å². The van der Waals surface area contributed by atoms with E-state index in [0.29, 0.717) is 25.7 Å². The van der Waals surface area contributed by atoms with Gasteiger partial charge < -0.3 is 24.6 Å². The average molecular weight is 552 g/mol. The second-order valence-electron chi connectivity index (χ2n) is 11.5. The lowest BCUT2D eigenvalue weighted by molar-refractivity contribution is -0.0427. The number of ether oxygens (including phenoxy) is 2. The van der Waals surface area contributed by atoms with Crippen molar-refractivity contribution in [3.63, 3.8) is 0 Å². The number of halogens is 3. The highest BCUT2D eigenvalue weighted by Gasteiger charge is 2.39. The Bertz CT molecular complexity index is 1130. The van der Waals surface area contributed by atoms with Crippen LogP contribution in [0.15, 0.2) is 48.5 Å². The molecule has 0 radical (unpaired) electrons. The first-order chi connectivity index (χ1) is 18.2. The summed E-state index contributed by atoms with van der Waals surface area (Å²) in [5.41, 5.74) is 4.43. The lowest BCUT2D eigenvalue weighted by Gasteiger charge is -2.39. The Labute approximate surface area is 229 Å². The highest BCUT2D eigenvalue weighted by Crippen LogP contribution is 2.39. The summed E-state index contributed by atoms with van der Waals surface area (Å²) in [5.74, 6) is 0. The van der Waals surface area contributed by atoms with Crippen LogP contribution in [0.2, 0.25) is 0 Å². The Morgan fingerprint density at radius 2 is 1.69 bits per heavy atom. The van der Waals surface area contributed by atoms with Gasteiger partial charge in [-0.2, -0.15) is 13.2 Å². The molecule has 1 unspecified atom stereocenters. The Morgan fingerprint density at radius 3 is 2.26 bits per heavy atom. The number of benzene rings is 2. The van der Waals surface area contributed by atoms with Crippen LogP contribution < -0.4 is 5.32 Å². The van der Waals surface area contributed by atoms with Crippen molar-refractivity contribution in [2.24, 2.45) is 0 Å². The molecule has 2 aromatic carbocycles. The van der Waals surface area contributed by atoms with E-state index in [4.69, 9.17) is 9.47 Å². The minimum Gasteiger partial charge on any atom is -0.444 e. The molecule has 0 saturated carbocycles. The summed E-state index contributed by atoms with van der Waals surface area (Å²) < 4.78 is 39.9. The van der Waals surface area contributed by atoms with Crippen molar-refractivity contribution < 1.29 is 33.7 Å². The lowest BCUT2D eigenvalue weighted by Crippen LogP contribution is -2.57. The first-order valence-electron chi connectivity index (χ1n) is 12.9. The highest BCUT2D eigenvalue weighted by molar-refractivity contribution is 5.71. The fraction of sp³-hybridized carbons (Fsp3) is 0.517. The first-order valence-corrected chi connectivity index (χ1v) is 12.9. The van der Waals surface area contributed by atoms with Crippen LogP contribution in [0.3, 0.4) is 0 Å². The maximum atomic E-state index is 12.5. The van der Waals surface area contributed by atoms with E-state index < -0.39 is 18.4 Å². The van der Waals surface area contributed by atoms with Crippen LogP contribution in [0, 0.1) is 0 Å². The van der Waals surface area contributed by atoms with Crippen LogP contribution in [0.4, 0.5) is 28.4 Å². The van der Waals surface area contributed by atoms with Crippen molar-refractivity contribution in [1.29, 1.82) is 0 Å². The van der Waals surface area contributed by atoms with Gasteiger partial charge in [0.25, 0.3) is 0 Å². The summed E-state index contributed by atoms with van der Waals surface area (Å²) in [6.45, 7) is 7.56. The molecule has 216 valence electrons. The molecule has 0 spiro atoms. The Morgan fingerprint density at radius 1 is 1.10 bits per heavy atom. The molecular weight excluding hydrogens is 511 g/mol. The number of hydrogen-bond acceptors (Lipinski definition) is 5. The molecule has 39 heavy (non-hydrogen) atoms. The molecule has 0 bridgehead atoms. The molecule has 2 amide bonds. The SMILES string of the molecule is CN(Cc1ccc(NC2Cc3ccccc3C2(C)C)cc1)C(=O)OC1CN(C(=O)OC(C)(C)C)C1.FC(F)F.[HH]. The maximum absolute atomic E-state index is 12.5. The zero-order valence-corrected chi connectivity index (χ0v) is 23.3. The van der Waals surface area contributed by atoms with Crippen LogP contribution in [-0.4, -0.2) is 66.5 Å². The number of alkyl halides is 3. The van der Waals surface area contributed by atoms with E-state index in [1.165, 1.54) is 11.1 Å². The summed E-state index contributed by atoms with van der Waals surface area (Å²) in [4.78, 5) is 27.6. The van der Waals surface area contributed by atoms with Crippen LogP contribution in [0.1, 0.15) is 52.7 Å². The largest absolute Gasteiger partial charge is 0.444 e. The number of rotatable bonds is 5. The van der Waals surface area contributed by atoms with Gasteiger partial charge in [0.1, 0.15) is 11.7 Å². The topological polar surface area (TPSA) is 71.1 Å². The molecule has 10 heteroatoms. The van der Waals surface area contributed by atoms with Gasteiger partial charge in [-0.15, -0.1) is 0 Å². The van der Waals surface area contributed by atoms with Gasteiger partial charge in [-0.05, 0) is 56.0 Å². The molecule has 1 saturated heterocycles. The summed E-state index contributed by atoms with van der Waals surface area (Å²) in [7, 11) is 1.72. The summed E-state index contributed by atoms with van der Waals surface area (Å²) >= 11 is 0. The number of hydrogen-bond donors (Lipinski definition) is 1. The zero-order chi connectivity index (χ0) is 29.0. The second kappa shape index (κ2) is 12.2. The van der Waals surface area contributed by atoms with Crippen LogP contribution in [0.5, 0.6) is 0 Å². The smallest absolute Gasteiger partial charge is 0.410 e. The van der Waals surface area contributed by atoms with Crippen molar-refractivity contribution in [3.8, 4) is 0 Å². The molecule has 7 nitrogen and oxygen atoms in total. The van der Waals surface area contributed by atoms with Gasteiger partial charge in [0.2, 0.25) is 0 Å². The second-order valence-corrected chi connectivity index (χ2v) is 11.5. The van der Waals surface area contributed by atoms with Gasteiger partial charge in [-0.3, -0.25) is 0 Å². The third-order valence-corrected chi connectivity index (χ3v) is 6.80. The fourth-order valence-electron chi connectivity index (χ4n) is 4.69. The maximum Gasteiger partial charge on any atom is 0.410 e. The molecule has 0 aromatic heterocycles. The third kappa shape index (κ3) is 8.28. The Hall–Kier alpha value is -3.43. The van der Waals surface area contributed by atoms with E-state index in [-0.39, 0.29) is 19.0 Å². The average Bonchev–Trinajstić information content (AvgIpc) is 3.05. The molecule has 1 heterocycles. The predicted octanol–water partition coefficient (Wildman–Crippen LogP) is 6.61. The predicted molar refractivity (Wildman–Crippen MR) is 146 cm³/mol. The molecule has 2 aliphatic rings. The van der Waals surface area contributed by atoms with E-state index in [2.05, 4.69) is 55.6 Å². The molecule has 1 fully saturated rings. The Balaban J connectivity index is 0.00000105. The highest BCUT2D eigenvalue weighted by atomic mass is 19.4. The molecule has 2 aromatic rings. The number of anilines is 1. The molecular formula is C29H40F3N3O4. The minimum absolute atomic E-state index is 0. The normalized spacial score (nSPS) is 17.9. The zero-order valence-electron chi connectivity index (χ0n) is 23.3. The Kier molecular flexibility index (Phi) is 9.40. The lowest BCUT2D eigenvalue weighted by atomic mass is 9.83. The number of carbonyl (C=O) groups is 2. The number of fused-ring (bicyclic) bond motifs is 1. The van der Waals surface area contributed by atoms with Gasteiger partial charge in [-0.25, -0.2) is 9.59 Å². The molecule has 1 aliphatic heterocycles. The van der Waals surface area contributed by atoms with Gasteiger partial charge in [-0.1, -0.05) is 50.2 Å². The third-order valence-electron chi connectivity index (χ3n) is 6.80. The van der Waals surface area contributed by atoms with E-state index >= 15 is 0 Å². The van der Waals surface area contributed by atoms with Gasteiger partial charge >= 0.3 is 18.9 Å². The van der Waals surface area contributed by atoms with E-state index in [9.17, 15) is 22.8 Å². The van der Waals surface area contributed by atoms with Crippen LogP contribution in [0.25, 0.3) is 0 Å². The number of amides is 2. The number of carbonyl (C=O) groups excluding carboxylic acids is 2. The van der Waals surface area contributed by atoms with Crippen LogP contribution >= 0.6 is 0 Å². The van der Waals surface area contributed by atoms with Crippen molar-refractivity contribution in [3.05, 3.63) is 65.2 Å². The van der Waals surface area contributed by atoms with Crippen molar-refractivity contribution in [2.45, 2.75) is 77.4 Å². The summed E-state index contributed by atoms with van der Waals surface area (Å²) in [6.07, 6.45) is -0.0716. The standard InChI is InChI=1S/C28H37N3O4.CHF3.H2/c1-27(2,3)35-26(33)31-17-22(18-31)34-25(32)30(6)16-19-11-13-21(14-12-19)29-24-15-20-9-7-8-10-23(20)28(24,4)5;2-1(3)4;/h7-14,22,24,29H,15-18H2,1-6H3;1H;1H.